The van der Waals surface area contributed by atoms with Crippen LogP contribution in [0.4, 0.5) is 0 Å². The van der Waals surface area contributed by atoms with E-state index in [1.165, 1.54) is 18.7 Å². The van der Waals surface area contributed by atoms with Crippen LogP contribution in [0.3, 0.4) is 0 Å². The Hall–Kier alpha value is -2.63. The van der Waals surface area contributed by atoms with Crippen molar-refractivity contribution in [2.45, 2.75) is 70.3 Å². The number of aliphatic hydroxyl groups is 1. The number of aliphatic carboxylic acids is 1. The number of amides is 3. The Morgan fingerprint density at radius 1 is 0.914 bits per heavy atom. The fraction of sp³-hybridized carbons (Fsp3) is 0.583. The topological polar surface area (TPSA) is 171 Å². The highest BCUT2D eigenvalue weighted by Crippen LogP contribution is 2.09. The van der Waals surface area contributed by atoms with Crippen molar-refractivity contribution in [3.63, 3.8) is 0 Å². The lowest BCUT2D eigenvalue weighted by Crippen LogP contribution is -2.58. The largest absolute Gasteiger partial charge is 0.480 e. The lowest BCUT2D eigenvalue weighted by molar-refractivity contribution is -0.142. The molecule has 0 saturated heterocycles. The minimum Gasteiger partial charge on any atom is -0.480 e. The van der Waals surface area contributed by atoms with E-state index in [2.05, 4.69) is 16.0 Å². The molecule has 0 spiro atoms. The van der Waals surface area contributed by atoms with Crippen LogP contribution >= 0.6 is 11.8 Å². The van der Waals surface area contributed by atoms with Crippen LogP contribution in [-0.4, -0.2) is 76.2 Å². The van der Waals surface area contributed by atoms with Gasteiger partial charge >= 0.3 is 5.97 Å². The van der Waals surface area contributed by atoms with Gasteiger partial charge < -0.3 is 31.9 Å². The summed E-state index contributed by atoms with van der Waals surface area (Å²) in [4.78, 5) is 50.2. The minimum atomic E-state index is -1.21. The van der Waals surface area contributed by atoms with E-state index in [4.69, 9.17) is 5.73 Å². The van der Waals surface area contributed by atoms with Crippen LogP contribution < -0.4 is 21.7 Å². The van der Waals surface area contributed by atoms with Crippen molar-refractivity contribution in [2.75, 3.05) is 12.0 Å². The molecule has 10 nitrogen and oxygen atoms in total. The van der Waals surface area contributed by atoms with E-state index in [0.717, 1.165) is 5.56 Å². The van der Waals surface area contributed by atoms with Gasteiger partial charge in [0.2, 0.25) is 17.7 Å². The van der Waals surface area contributed by atoms with E-state index in [1.54, 1.807) is 24.3 Å². The number of carbonyl (C=O) groups excluding carboxylic acids is 3. The number of rotatable bonds is 15. The zero-order valence-corrected chi connectivity index (χ0v) is 21.5. The molecule has 0 aliphatic heterocycles. The average Bonchev–Trinajstić information content (AvgIpc) is 2.80. The van der Waals surface area contributed by atoms with E-state index in [0.29, 0.717) is 5.75 Å². The fourth-order valence-electron chi connectivity index (χ4n) is 3.29. The Labute approximate surface area is 210 Å². The molecule has 1 rings (SSSR count). The van der Waals surface area contributed by atoms with Crippen LogP contribution in [0, 0.1) is 5.92 Å². The molecule has 0 bridgehead atoms. The van der Waals surface area contributed by atoms with Crippen molar-refractivity contribution < 1.29 is 29.4 Å². The maximum atomic E-state index is 13.1. The third-order valence-corrected chi connectivity index (χ3v) is 5.95. The van der Waals surface area contributed by atoms with Crippen LogP contribution in [0.15, 0.2) is 30.3 Å². The number of hydrogen-bond donors (Lipinski definition) is 6. The van der Waals surface area contributed by atoms with E-state index in [1.807, 2.05) is 26.2 Å². The lowest BCUT2D eigenvalue weighted by atomic mass is 10.0. The first-order valence-corrected chi connectivity index (χ1v) is 13.0. The molecule has 11 heteroatoms. The Kier molecular flexibility index (Phi) is 13.4. The van der Waals surface area contributed by atoms with Gasteiger partial charge in [0.15, 0.2) is 0 Å². The van der Waals surface area contributed by atoms with Crippen LogP contribution in [0.2, 0.25) is 0 Å². The van der Waals surface area contributed by atoms with Gasteiger partial charge in [-0.25, -0.2) is 4.79 Å². The number of benzene rings is 1. The van der Waals surface area contributed by atoms with Crippen molar-refractivity contribution in [2.24, 2.45) is 11.7 Å². The van der Waals surface area contributed by atoms with Crippen molar-refractivity contribution in [1.29, 1.82) is 0 Å². The molecular weight excluding hydrogens is 472 g/mol. The second-order valence-electron chi connectivity index (χ2n) is 8.89. The fourth-order valence-corrected chi connectivity index (χ4v) is 3.76. The van der Waals surface area contributed by atoms with Gasteiger partial charge in [0.05, 0.1) is 6.10 Å². The molecule has 7 N–H and O–H groups in total. The SMILES string of the molecule is CSCCC(NC(=O)C(CC(C)C)NC(=O)C(N)C(C)O)C(=O)NC(Cc1ccccc1)C(=O)O. The molecule has 35 heavy (non-hydrogen) atoms. The summed E-state index contributed by atoms with van der Waals surface area (Å²) in [5, 5.41) is 27.0. The summed E-state index contributed by atoms with van der Waals surface area (Å²) in [6, 6.07) is 4.57. The summed E-state index contributed by atoms with van der Waals surface area (Å²) in [5.74, 6) is -2.49. The van der Waals surface area contributed by atoms with Crippen LogP contribution in [0.5, 0.6) is 0 Å². The molecule has 3 amide bonds. The standard InChI is InChI=1S/C24H38N4O6S/c1-14(2)12-18(27-23(32)20(25)15(3)29)22(31)26-17(10-11-35-4)21(30)28-19(24(33)34)13-16-8-6-5-7-9-16/h5-9,14-15,17-20,29H,10-13,25H2,1-4H3,(H,26,31)(H,27,32)(H,28,30)(H,33,34). The molecule has 0 fully saturated rings. The van der Waals surface area contributed by atoms with Gasteiger partial charge in [-0.05, 0) is 43.3 Å². The number of aliphatic hydroxyl groups excluding tert-OH is 1. The van der Waals surface area contributed by atoms with E-state index >= 15 is 0 Å². The van der Waals surface area contributed by atoms with Crippen LogP contribution in [0.1, 0.15) is 39.2 Å². The van der Waals surface area contributed by atoms with Gasteiger partial charge in [-0.15, -0.1) is 0 Å². The highest BCUT2D eigenvalue weighted by Gasteiger charge is 2.31. The van der Waals surface area contributed by atoms with Crippen LogP contribution in [0.25, 0.3) is 0 Å². The zero-order chi connectivity index (χ0) is 26.5. The summed E-state index contributed by atoms with van der Waals surface area (Å²) in [7, 11) is 0. The molecule has 0 radical (unpaired) electrons. The van der Waals surface area contributed by atoms with Gasteiger partial charge in [-0.2, -0.15) is 11.8 Å². The predicted molar refractivity (Wildman–Crippen MR) is 136 cm³/mol. The van der Waals surface area contributed by atoms with Crippen molar-refractivity contribution >= 4 is 35.5 Å². The Morgan fingerprint density at radius 3 is 1.97 bits per heavy atom. The molecule has 1 aromatic carbocycles. The number of nitrogens with one attached hydrogen (secondary N) is 3. The van der Waals surface area contributed by atoms with Gasteiger partial charge in [0, 0.05) is 6.42 Å². The second kappa shape index (κ2) is 15.4. The molecule has 0 heterocycles. The third-order valence-electron chi connectivity index (χ3n) is 5.30. The van der Waals surface area contributed by atoms with Crippen molar-refractivity contribution in [3.05, 3.63) is 35.9 Å². The number of carboxylic acid groups (broad SMARTS) is 1. The summed E-state index contributed by atoms with van der Waals surface area (Å²) < 4.78 is 0. The highest BCUT2D eigenvalue weighted by atomic mass is 32.2. The first kappa shape index (κ1) is 30.4. The summed E-state index contributed by atoms with van der Waals surface area (Å²) in [6.07, 6.45) is 1.40. The van der Waals surface area contributed by atoms with E-state index in [9.17, 15) is 29.4 Å². The maximum Gasteiger partial charge on any atom is 0.326 e. The molecule has 0 aliphatic rings. The first-order chi connectivity index (χ1) is 16.5. The summed E-state index contributed by atoms with van der Waals surface area (Å²) in [6.45, 7) is 5.12. The maximum absolute atomic E-state index is 13.1. The number of thioether (sulfide) groups is 1. The molecular formula is C24H38N4O6S. The lowest BCUT2D eigenvalue weighted by Gasteiger charge is -2.26. The number of carbonyl (C=O) groups is 4. The van der Waals surface area contributed by atoms with Gasteiger partial charge in [0.25, 0.3) is 0 Å². The van der Waals surface area contributed by atoms with Gasteiger partial charge in [-0.3, -0.25) is 14.4 Å². The third kappa shape index (κ3) is 11.1. The van der Waals surface area contributed by atoms with Gasteiger partial charge in [0.1, 0.15) is 24.2 Å². The summed E-state index contributed by atoms with van der Waals surface area (Å²) in [5.41, 5.74) is 6.43. The number of carboxylic acids is 1. The summed E-state index contributed by atoms with van der Waals surface area (Å²) >= 11 is 1.48. The highest BCUT2D eigenvalue weighted by molar-refractivity contribution is 7.98. The average molecular weight is 511 g/mol. The molecule has 5 atom stereocenters. The monoisotopic (exact) mass is 510 g/mol. The van der Waals surface area contributed by atoms with Crippen LogP contribution in [-0.2, 0) is 25.6 Å². The number of hydrogen-bond acceptors (Lipinski definition) is 7. The molecule has 0 aromatic heterocycles. The molecule has 0 saturated carbocycles. The van der Waals surface area contributed by atoms with Gasteiger partial charge in [-0.1, -0.05) is 44.2 Å². The molecule has 1 aromatic rings. The zero-order valence-electron chi connectivity index (χ0n) is 20.7. The molecule has 196 valence electrons. The molecule has 5 unspecified atom stereocenters. The van der Waals surface area contributed by atoms with Crippen molar-refractivity contribution in [3.8, 4) is 0 Å². The first-order valence-electron chi connectivity index (χ1n) is 11.6. The second-order valence-corrected chi connectivity index (χ2v) is 9.87. The number of nitrogens with two attached hydrogens (primary N) is 1. The minimum absolute atomic E-state index is 0.0366. The van der Waals surface area contributed by atoms with E-state index in [-0.39, 0.29) is 25.2 Å². The Balaban J connectivity index is 2.98. The quantitative estimate of drug-likeness (QED) is 0.195. The van der Waals surface area contributed by atoms with Crippen molar-refractivity contribution in [1.82, 2.24) is 16.0 Å². The van der Waals surface area contributed by atoms with E-state index < -0.39 is 54.0 Å². The normalized spacial score (nSPS) is 15.4. The predicted octanol–water partition coefficient (Wildman–Crippen LogP) is 0.275. The molecule has 0 aliphatic carbocycles. The Morgan fingerprint density at radius 2 is 1.46 bits per heavy atom. The Bertz CT molecular complexity index is 837. The smallest absolute Gasteiger partial charge is 0.326 e.